The summed E-state index contributed by atoms with van der Waals surface area (Å²) in [6.07, 6.45) is 22.0. The van der Waals surface area contributed by atoms with Crippen molar-refractivity contribution in [1.82, 2.24) is 0 Å². The average Bonchev–Trinajstić information content (AvgIpc) is 2.76. The molecular weight excluding hydrogens is 446 g/mol. The second kappa shape index (κ2) is 11.2. The number of allylic oxidation sites excluding steroid dienone is 12. The average molecular weight is 490 g/mol. The van der Waals surface area contributed by atoms with Crippen LogP contribution < -0.4 is 4.90 Å². The molecule has 0 fully saturated rings. The van der Waals surface area contributed by atoms with Crippen LogP contribution >= 0.6 is 11.6 Å². The number of benzene rings is 1. The first-order chi connectivity index (χ1) is 16.3. The van der Waals surface area contributed by atoms with E-state index in [4.69, 9.17) is 11.6 Å². The van der Waals surface area contributed by atoms with Crippen molar-refractivity contribution in [3.05, 3.63) is 94.9 Å². The van der Waals surface area contributed by atoms with Gasteiger partial charge in [-0.3, -0.25) is 0 Å². The molecule has 35 heavy (non-hydrogen) atoms. The van der Waals surface area contributed by atoms with Crippen LogP contribution in [0.4, 0.5) is 5.69 Å². The molecule has 1 nitrogen and oxygen atoms in total. The molecule has 0 aromatic heterocycles. The molecule has 0 amide bonds. The summed E-state index contributed by atoms with van der Waals surface area (Å²) < 4.78 is 0. The van der Waals surface area contributed by atoms with E-state index in [1.54, 1.807) is 0 Å². The molecule has 0 heterocycles. The minimum absolute atomic E-state index is 0.0101. The van der Waals surface area contributed by atoms with Crippen molar-refractivity contribution in [2.45, 2.75) is 91.9 Å². The molecule has 0 bridgehead atoms. The van der Waals surface area contributed by atoms with E-state index in [1.807, 2.05) is 0 Å². The van der Waals surface area contributed by atoms with Crippen molar-refractivity contribution < 1.29 is 0 Å². The van der Waals surface area contributed by atoms with Gasteiger partial charge in [-0.05, 0) is 79.4 Å². The molecule has 0 saturated heterocycles. The van der Waals surface area contributed by atoms with Crippen LogP contribution in [0.5, 0.6) is 0 Å². The smallest absolute Gasteiger partial charge is 0.0576 e. The highest BCUT2D eigenvalue weighted by molar-refractivity contribution is 6.22. The van der Waals surface area contributed by atoms with Gasteiger partial charge in [-0.1, -0.05) is 89.6 Å². The fourth-order valence-corrected chi connectivity index (χ4v) is 4.98. The molecule has 1 atom stereocenters. The fraction of sp³-hybridized carbons (Fsp3) is 0.455. The molecule has 0 saturated carbocycles. The van der Waals surface area contributed by atoms with Crippen molar-refractivity contribution in [2.24, 2.45) is 5.41 Å². The second-order valence-electron chi connectivity index (χ2n) is 12.2. The number of nitrogens with zero attached hydrogens (tertiary/aromatic N) is 1. The van der Waals surface area contributed by atoms with E-state index >= 15 is 0 Å². The largest absolute Gasteiger partial charge is 0.318 e. The molecule has 0 radical (unpaired) electrons. The summed E-state index contributed by atoms with van der Waals surface area (Å²) in [5.74, 6) is 0. The van der Waals surface area contributed by atoms with Gasteiger partial charge in [-0.25, -0.2) is 0 Å². The lowest BCUT2D eigenvalue weighted by atomic mass is 9.83. The van der Waals surface area contributed by atoms with Crippen LogP contribution in [-0.4, -0.2) is 5.38 Å². The number of hydrogen-bond acceptors (Lipinski definition) is 1. The molecule has 1 unspecified atom stereocenters. The lowest BCUT2D eigenvalue weighted by Gasteiger charge is -2.34. The van der Waals surface area contributed by atoms with Gasteiger partial charge >= 0.3 is 0 Å². The molecule has 0 N–H and O–H groups in total. The van der Waals surface area contributed by atoms with E-state index in [2.05, 4.69) is 127 Å². The van der Waals surface area contributed by atoms with Gasteiger partial charge in [0.25, 0.3) is 0 Å². The molecule has 1 aromatic carbocycles. The number of hydrogen-bond donors (Lipinski definition) is 0. The quantitative estimate of drug-likeness (QED) is 0.283. The Morgan fingerprint density at radius 2 is 1.89 bits per heavy atom. The lowest BCUT2D eigenvalue weighted by molar-refractivity contribution is 0.420. The standard InChI is InChI=1S/C33H44ClN/c1-24-20-28(34)23-29(21-24)35(25(2)14-12-13-19-32(3,4)5)31-18-17-27(33(6,7)8)22-30(31)26-15-10-9-11-16-26/h9-10,12-15,17-18,20-22,28H,11,16,19,23H2,1-8H3/b13-12-,25-14+. The van der Waals surface area contributed by atoms with Crippen LogP contribution in [0.2, 0.25) is 0 Å². The topological polar surface area (TPSA) is 3.24 Å². The Labute approximate surface area is 219 Å². The van der Waals surface area contributed by atoms with Gasteiger partial charge in [-0.2, -0.15) is 0 Å². The molecule has 2 heteroatoms. The van der Waals surface area contributed by atoms with Crippen LogP contribution in [0.15, 0.2) is 83.8 Å². The Morgan fingerprint density at radius 1 is 1.14 bits per heavy atom. The highest BCUT2D eigenvalue weighted by Gasteiger charge is 2.25. The van der Waals surface area contributed by atoms with E-state index in [0.29, 0.717) is 0 Å². The SMILES string of the molecule is CC1=CC(Cl)CC(N(/C(C)=C/C=C\CC(C)(C)C)c2ccc(C(C)(C)C)cc2C2=CC=CCC2)=C1. The predicted molar refractivity (Wildman–Crippen MR) is 157 cm³/mol. The zero-order chi connectivity index (χ0) is 25.8. The maximum atomic E-state index is 6.70. The molecule has 188 valence electrons. The number of alkyl halides is 1. The highest BCUT2D eigenvalue weighted by atomic mass is 35.5. The van der Waals surface area contributed by atoms with Crippen LogP contribution in [0.25, 0.3) is 5.57 Å². The van der Waals surface area contributed by atoms with Crippen LogP contribution in [-0.2, 0) is 5.41 Å². The lowest BCUT2D eigenvalue weighted by Crippen LogP contribution is -2.25. The van der Waals surface area contributed by atoms with E-state index in [0.717, 1.165) is 25.7 Å². The number of anilines is 1. The Hall–Kier alpha value is -2.25. The Balaban J connectivity index is 2.17. The van der Waals surface area contributed by atoms with Crippen molar-refractivity contribution in [3.8, 4) is 0 Å². The third kappa shape index (κ3) is 7.61. The molecule has 1 aromatic rings. The summed E-state index contributed by atoms with van der Waals surface area (Å²) >= 11 is 6.70. The van der Waals surface area contributed by atoms with Crippen molar-refractivity contribution >= 4 is 22.9 Å². The van der Waals surface area contributed by atoms with Crippen molar-refractivity contribution in [2.75, 3.05) is 4.90 Å². The molecule has 2 aliphatic rings. The summed E-state index contributed by atoms with van der Waals surface area (Å²) in [5, 5.41) is 0.0101. The van der Waals surface area contributed by atoms with Gasteiger partial charge in [0.05, 0.1) is 11.1 Å². The van der Waals surface area contributed by atoms with Gasteiger partial charge in [-0.15, -0.1) is 11.6 Å². The van der Waals surface area contributed by atoms with Gasteiger partial charge in [0.15, 0.2) is 0 Å². The Kier molecular flexibility index (Phi) is 8.76. The van der Waals surface area contributed by atoms with Crippen LogP contribution in [0.3, 0.4) is 0 Å². The van der Waals surface area contributed by atoms with Gasteiger partial charge in [0.2, 0.25) is 0 Å². The fourth-order valence-electron chi connectivity index (χ4n) is 4.63. The Bertz CT molecular complexity index is 1090. The summed E-state index contributed by atoms with van der Waals surface area (Å²) in [7, 11) is 0. The van der Waals surface area contributed by atoms with Crippen molar-refractivity contribution in [3.63, 3.8) is 0 Å². The van der Waals surface area contributed by atoms with Crippen molar-refractivity contribution in [1.29, 1.82) is 0 Å². The number of halogens is 1. The predicted octanol–water partition coefficient (Wildman–Crippen LogP) is 10.3. The molecular formula is C33H44ClN. The summed E-state index contributed by atoms with van der Waals surface area (Å²) in [6, 6.07) is 7.04. The zero-order valence-electron chi connectivity index (χ0n) is 23.1. The van der Waals surface area contributed by atoms with Crippen LogP contribution in [0, 0.1) is 5.41 Å². The Morgan fingerprint density at radius 3 is 2.49 bits per heavy atom. The van der Waals surface area contributed by atoms with Gasteiger partial charge < -0.3 is 4.90 Å². The van der Waals surface area contributed by atoms with E-state index < -0.39 is 0 Å². The zero-order valence-corrected chi connectivity index (χ0v) is 23.8. The molecule has 3 rings (SSSR count). The molecule has 2 aliphatic carbocycles. The molecule has 0 aliphatic heterocycles. The first-order valence-corrected chi connectivity index (χ1v) is 13.5. The maximum absolute atomic E-state index is 6.70. The monoisotopic (exact) mass is 489 g/mol. The van der Waals surface area contributed by atoms with Gasteiger partial charge in [0, 0.05) is 23.4 Å². The minimum Gasteiger partial charge on any atom is -0.318 e. The maximum Gasteiger partial charge on any atom is 0.0576 e. The normalized spacial score (nSPS) is 19.5. The van der Waals surface area contributed by atoms with Gasteiger partial charge in [0.1, 0.15) is 0 Å². The summed E-state index contributed by atoms with van der Waals surface area (Å²) in [6.45, 7) is 18.1. The van der Waals surface area contributed by atoms with E-state index in [-0.39, 0.29) is 16.2 Å². The summed E-state index contributed by atoms with van der Waals surface area (Å²) in [4.78, 5) is 2.44. The van der Waals surface area contributed by atoms with E-state index in [9.17, 15) is 0 Å². The minimum atomic E-state index is 0.0101. The third-order valence-corrected chi connectivity index (χ3v) is 6.83. The van der Waals surface area contributed by atoms with Crippen LogP contribution in [0.1, 0.15) is 92.2 Å². The highest BCUT2D eigenvalue weighted by Crippen LogP contribution is 2.40. The molecule has 0 spiro atoms. The number of rotatable bonds is 6. The first kappa shape index (κ1) is 27.3. The van der Waals surface area contributed by atoms with E-state index in [1.165, 1.54) is 39.4 Å². The first-order valence-electron chi connectivity index (χ1n) is 13.0. The summed E-state index contributed by atoms with van der Waals surface area (Å²) in [5.41, 5.74) is 9.39. The third-order valence-electron chi connectivity index (χ3n) is 6.55. The second-order valence-corrected chi connectivity index (χ2v) is 12.8.